The maximum atomic E-state index is 11.7. The summed E-state index contributed by atoms with van der Waals surface area (Å²) in [6.07, 6.45) is 3.24. The molecule has 0 amide bonds. The number of aromatic nitrogens is 1. The van der Waals surface area contributed by atoms with E-state index in [1.165, 1.54) is 13.8 Å². The third kappa shape index (κ3) is 2.88. The Kier molecular flexibility index (Phi) is 4.47. The summed E-state index contributed by atoms with van der Waals surface area (Å²) >= 11 is 0. The number of nitrogens with zero attached hydrogens (tertiary/aromatic N) is 1. The van der Waals surface area contributed by atoms with Gasteiger partial charge in [0, 0.05) is 31.1 Å². The van der Waals surface area contributed by atoms with Crippen molar-refractivity contribution in [2.75, 3.05) is 12.8 Å². The fraction of sp³-hybridized carbons (Fsp3) is 0.583. The number of nitrogens with two attached hydrogens (primary N) is 1. The third-order valence-electron chi connectivity index (χ3n) is 3.44. The molecule has 0 saturated carbocycles. The summed E-state index contributed by atoms with van der Waals surface area (Å²) in [5.41, 5.74) is 6.46. The van der Waals surface area contributed by atoms with Crippen LogP contribution in [0.25, 0.3) is 0 Å². The molecule has 0 fully saturated rings. The molecule has 102 valence electrons. The lowest BCUT2D eigenvalue weighted by Crippen LogP contribution is -2.48. The van der Waals surface area contributed by atoms with Crippen molar-refractivity contribution in [3.05, 3.63) is 30.1 Å². The van der Waals surface area contributed by atoms with Crippen molar-refractivity contribution in [2.24, 2.45) is 5.73 Å². The van der Waals surface area contributed by atoms with Crippen LogP contribution in [0.15, 0.2) is 24.5 Å². The van der Waals surface area contributed by atoms with Gasteiger partial charge in [-0.05, 0) is 31.5 Å². The van der Waals surface area contributed by atoms with E-state index < -0.39 is 26.6 Å². The van der Waals surface area contributed by atoms with Gasteiger partial charge in [0.25, 0.3) is 0 Å². The molecule has 1 heterocycles. The molecule has 0 aliphatic carbocycles. The fourth-order valence-corrected chi connectivity index (χ4v) is 2.36. The van der Waals surface area contributed by atoms with E-state index in [0.29, 0.717) is 0 Å². The maximum absolute atomic E-state index is 11.7. The minimum atomic E-state index is -3.39. The minimum absolute atomic E-state index is 0.171. The third-order valence-corrected chi connectivity index (χ3v) is 5.59. The first-order valence-electron chi connectivity index (χ1n) is 5.69. The van der Waals surface area contributed by atoms with Gasteiger partial charge in [0.05, 0.1) is 10.9 Å². The molecule has 1 rings (SSSR count). The molecule has 1 aromatic rings. The maximum Gasteiger partial charge on any atom is 0.155 e. The predicted octanol–water partition coefficient (Wildman–Crippen LogP) is 0.308. The summed E-state index contributed by atoms with van der Waals surface area (Å²) in [6, 6.07) is 3.47. The second kappa shape index (κ2) is 5.34. The molecule has 0 aliphatic rings. The second-order valence-corrected chi connectivity index (χ2v) is 7.54. The van der Waals surface area contributed by atoms with Crippen LogP contribution in [-0.4, -0.2) is 42.2 Å². The Morgan fingerprint density at radius 1 is 1.39 bits per heavy atom. The van der Waals surface area contributed by atoms with E-state index in [2.05, 4.69) is 4.98 Å². The van der Waals surface area contributed by atoms with Gasteiger partial charge < -0.3 is 10.8 Å². The molecule has 1 aromatic heterocycles. The summed E-state index contributed by atoms with van der Waals surface area (Å²) in [4.78, 5) is 3.89. The van der Waals surface area contributed by atoms with Gasteiger partial charge >= 0.3 is 0 Å². The van der Waals surface area contributed by atoms with Crippen LogP contribution < -0.4 is 5.73 Å². The average molecular weight is 272 g/mol. The predicted molar refractivity (Wildman–Crippen MR) is 71.0 cm³/mol. The van der Waals surface area contributed by atoms with E-state index >= 15 is 0 Å². The molecule has 0 saturated heterocycles. The van der Waals surface area contributed by atoms with Gasteiger partial charge in [-0.15, -0.1) is 0 Å². The zero-order chi connectivity index (χ0) is 14.0. The van der Waals surface area contributed by atoms with Crippen molar-refractivity contribution in [3.63, 3.8) is 0 Å². The van der Waals surface area contributed by atoms with Crippen LogP contribution in [0.4, 0.5) is 0 Å². The zero-order valence-corrected chi connectivity index (χ0v) is 11.7. The molecular weight excluding hydrogens is 252 g/mol. The van der Waals surface area contributed by atoms with Crippen molar-refractivity contribution in [2.45, 2.75) is 30.6 Å². The standard InChI is InChI=1S/C12H20N2O3S/c1-12(2,18(3,16)17)11(15)10(8-13)9-4-6-14-7-5-9/h4-7,10-11,15H,8,13H2,1-3H3. The SMILES string of the molecule is CC(C)(C(O)C(CN)c1ccncc1)S(C)(=O)=O. The lowest BCUT2D eigenvalue weighted by Gasteiger charge is -2.34. The van der Waals surface area contributed by atoms with E-state index in [9.17, 15) is 13.5 Å². The monoisotopic (exact) mass is 272 g/mol. The van der Waals surface area contributed by atoms with Gasteiger partial charge in [-0.25, -0.2) is 8.42 Å². The molecule has 0 aliphatic heterocycles. The van der Waals surface area contributed by atoms with E-state index in [4.69, 9.17) is 5.73 Å². The molecule has 5 nitrogen and oxygen atoms in total. The summed E-state index contributed by atoms with van der Waals surface area (Å²) in [5, 5.41) is 10.3. The van der Waals surface area contributed by atoms with E-state index in [0.717, 1.165) is 11.8 Å². The molecule has 6 heteroatoms. The Morgan fingerprint density at radius 3 is 2.28 bits per heavy atom. The van der Waals surface area contributed by atoms with E-state index in [-0.39, 0.29) is 6.54 Å². The smallest absolute Gasteiger partial charge is 0.155 e. The Labute approximate surface area is 108 Å². The highest BCUT2D eigenvalue weighted by atomic mass is 32.2. The van der Waals surface area contributed by atoms with Gasteiger partial charge in [-0.1, -0.05) is 0 Å². The molecular formula is C12H20N2O3S. The van der Waals surface area contributed by atoms with Crippen LogP contribution in [0, 0.1) is 0 Å². The number of aliphatic hydroxyl groups is 1. The van der Waals surface area contributed by atoms with Gasteiger partial charge in [-0.3, -0.25) is 4.98 Å². The molecule has 0 radical (unpaired) electrons. The summed E-state index contributed by atoms with van der Waals surface area (Å²) in [5.74, 6) is -0.433. The van der Waals surface area contributed by atoms with Crippen molar-refractivity contribution in [1.82, 2.24) is 4.98 Å². The summed E-state index contributed by atoms with van der Waals surface area (Å²) in [6.45, 7) is 3.19. The Morgan fingerprint density at radius 2 is 1.89 bits per heavy atom. The minimum Gasteiger partial charge on any atom is -0.391 e. The number of pyridine rings is 1. The Balaban J connectivity index is 3.12. The number of aliphatic hydroxyl groups excluding tert-OH is 1. The van der Waals surface area contributed by atoms with Crippen LogP contribution in [0.3, 0.4) is 0 Å². The average Bonchev–Trinajstić information content (AvgIpc) is 2.29. The van der Waals surface area contributed by atoms with Gasteiger partial charge in [-0.2, -0.15) is 0 Å². The van der Waals surface area contributed by atoms with Crippen LogP contribution in [0.2, 0.25) is 0 Å². The molecule has 0 aromatic carbocycles. The molecule has 18 heavy (non-hydrogen) atoms. The van der Waals surface area contributed by atoms with E-state index in [1.54, 1.807) is 24.5 Å². The number of sulfone groups is 1. The normalized spacial score (nSPS) is 16.3. The van der Waals surface area contributed by atoms with Gasteiger partial charge in [0.15, 0.2) is 9.84 Å². The summed E-state index contributed by atoms with van der Waals surface area (Å²) in [7, 11) is -3.39. The highest BCUT2D eigenvalue weighted by Crippen LogP contribution is 2.30. The van der Waals surface area contributed by atoms with Crippen LogP contribution in [-0.2, 0) is 9.84 Å². The van der Waals surface area contributed by atoms with Crippen LogP contribution in [0.1, 0.15) is 25.3 Å². The van der Waals surface area contributed by atoms with Crippen molar-refractivity contribution >= 4 is 9.84 Å². The van der Waals surface area contributed by atoms with Gasteiger partial charge in [0.1, 0.15) is 0 Å². The van der Waals surface area contributed by atoms with E-state index in [1.807, 2.05) is 0 Å². The Bertz CT molecular complexity index is 485. The lowest BCUT2D eigenvalue weighted by atomic mass is 9.87. The first kappa shape index (κ1) is 15.1. The zero-order valence-electron chi connectivity index (χ0n) is 10.9. The number of hydrogen-bond donors (Lipinski definition) is 2. The topological polar surface area (TPSA) is 93.3 Å². The lowest BCUT2D eigenvalue weighted by molar-refractivity contribution is 0.110. The first-order chi connectivity index (χ1) is 8.21. The first-order valence-corrected chi connectivity index (χ1v) is 7.58. The molecule has 0 spiro atoms. The number of rotatable bonds is 5. The summed E-state index contributed by atoms with van der Waals surface area (Å²) < 4.78 is 22.2. The quantitative estimate of drug-likeness (QED) is 0.804. The second-order valence-electron chi connectivity index (χ2n) is 4.94. The van der Waals surface area contributed by atoms with Gasteiger partial charge in [0.2, 0.25) is 0 Å². The number of hydrogen-bond acceptors (Lipinski definition) is 5. The highest BCUT2D eigenvalue weighted by molar-refractivity contribution is 7.92. The van der Waals surface area contributed by atoms with Crippen LogP contribution in [0.5, 0.6) is 0 Å². The van der Waals surface area contributed by atoms with Crippen LogP contribution >= 0.6 is 0 Å². The largest absolute Gasteiger partial charge is 0.391 e. The Hall–Kier alpha value is -0.980. The van der Waals surface area contributed by atoms with Crippen molar-refractivity contribution < 1.29 is 13.5 Å². The van der Waals surface area contributed by atoms with Crippen molar-refractivity contribution in [3.8, 4) is 0 Å². The van der Waals surface area contributed by atoms with Crippen molar-refractivity contribution in [1.29, 1.82) is 0 Å². The molecule has 3 N–H and O–H groups in total. The molecule has 0 bridgehead atoms. The molecule has 2 atom stereocenters. The fourth-order valence-electron chi connectivity index (χ4n) is 1.76. The highest BCUT2D eigenvalue weighted by Gasteiger charge is 2.42. The molecule has 2 unspecified atom stereocenters.